The second kappa shape index (κ2) is 5.98. The van der Waals surface area contributed by atoms with Gasteiger partial charge in [0.25, 0.3) is 5.69 Å². The van der Waals surface area contributed by atoms with Crippen molar-refractivity contribution in [2.45, 2.75) is 23.8 Å². The molecular weight excluding hydrogens is 294 g/mol. The Hall–Kier alpha value is -1.67. The average molecular weight is 313 g/mol. The molecule has 1 aromatic rings. The lowest BCUT2D eigenvalue weighted by atomic mass is 10.2. The van der Waals surface area contributed by atoms with Crippen molar-refractivity contribution in [3.63, 3.8) is 0 Å². The molecule has 1 aliphatic heterocycles. The van der Waals surface area contributed by atoms with Gasteiger partial charge in [0.15, 0.2) is 9.84 Å². The lowest BCUT2D eigenvalue weighted by Crippen LogP contribution is -2.35. The number of benzene rings is 1. The van der Waals surface area contributed by atoms with Crippen molar-refractivity contribution in [1.29, 1.82) is 0 Å². The van der Waals surface area contributed by atoms with E-state index in [1.54, 1.807) is 11.9 Å². The van der Waals surface area contributed by atoms with E-state index in [1.807, 2.05) is 0 Å². The van der Waals surface area contributed by atoms with Crippen LogP contribution in [0, 0.1) is 10.1 Å². The first-order chi connectivity index (χ1) is 9.79. The van der Waals surface area contributed by atoms with Gasteiger partial charge in [0.2, 0.25) is 0 Å². The van der Waals surface area contributed by atoms with Crippen LogP contribution in [-0.4, -0.2) is 45.8 Å². The summed E-state index contributed by atoms with van der Waals surface area (Å²) in [4.78, 5) is 12.4. The van der Waals surface area contributed by atoms with Gasteiger partial charge in [-0.3, -0.25) is 10.1 Å². The normalized spacial score (nSPS) is 18.7. The van der Waals surface area contributed by atoms with Gasteiger partial charge in [0.1, 0.15) is 5.69 Å². The lowest BCUT2D eigenvalue weighted by Gasteiger charge is -2.23. The molecule has 0 radical (unpaired) electrons. The summed E-state index contributed by atoms with van der Waals surface area (Å²) in [6, 6.07) is 4.35. The maximum atomic E-state index is 11.5. The molecule has 1 atom stereocenters. The number of rotatable bonds is 5. The molecule has 1 unspecified atom stereocenters. The minimum Gasteiger partial charge on any atom is -0.367 e. The minimum absolute atomic E-state index is 0.0367. The van der Waals surface area contributed by atoms with E-state index in [-0.39, 0.29) is 10.6 Å². The molecule has 0 aliphatic carbocycles. The number of hydrogen-bond donors (Lipinski definition) is 1. The zero-order valence-corrected chi connectivity index (χ0v) is 12.9. The Bertz CT molecular complexity index is 639. The summed E-state index contributed by atoms with van der Waals surface area (Å²) in [7, 11) is -1.68. The van der Waals surface area contributed by atoms with Crippen LogP contribution in [0.5, 0.6) is 0 Å². The number of anilines is 1. The van der Waals surface area contributed by atoms with Crippen LogP contribution < -0.4 is 10.2 Å². The standard InChI is InChI=1S/C13H19N3O4S/c1-15(9-10-4-3-7-14-10)12-6-5-11(21(2,19)20)8-13(12)16(17)18/h5-6,8,10,14H,3-4,7,9H2,1-2H3. The van der Waals surface area contributed by atoms with Crippen LogP contribution in [0.1, 0.15) is 12.8 Å². The van der Waals surface area contributed by atoms with Gasteiger partial charge in [-0.1, -0.05) is 0 Å². The Morgan fingerprint density at radius 1 is 1.48 bits per heavy atom. The number of likely N-dealkylation sites (N-methyl/N-ethyl adjacent to an activating group) is 1. The van der Waals surface area contributed by atoms with E-state index >= 15 is 0 Å². The summed E-state index contributed by atoms with van der Waals surface area (Å²) in [5.41, 5.74) is 0.250. The number of sulfone groups is 1. The molecular formula is C13H19N3O4S. The van der Waals surface area contributed by atoms with E-state index in [2.05, 4.69) is 5.32 Å². The van der Waals surface area contributed by atoms with Crippen molar-refractivity contribution in [3.8, 4) is 0 Å². The maximum absolute atomic E-state index is 11.5. The smallest absolute Gasteiger partial charge is 0.293 e. The molecule has 2 rings (SSSR count). The van der Waals surface area contributed by atoms with Gasteiger partial charge in [0.05, 0.1) is 9.82 Å². The predicted molar refractivity (Wildman–Crippen MR) is 80.5 cm³/mol. The maximum Gasteiger partial charge on any atom is 0.293 e. The first-order valence-electron chi connectivity index (χ1n) is 6.72. The highest BCUT2D eigenvalue weighted by atomic mass is 32.2. The second-order valence-corrected chi connectivity index (χ2v) is 7.37. The average Bonchev–Trinajstić information content (AvgIpc) is 2.89. The molecule has 1 aromatic carbocycles. The Morgan fingerprint density at radius 3 is 2.71 bits per heavy atom. The SMILES string of the molecule is CN(CC1CCCN1)c1ccc(S(C)(=O)=O)cc1[N+](=O)[O-]. The predicted octanol–water partition coefficient (Wildman–Crippen LogP) is 1.19. The summed E-state index contributed by atoms with van der Waals surface area (Å²) < 4.78 is 23.0. The fourth-order valence-electron chi connectivity index (χ4n) is 2.54. The third-order valence-corrected chi connectivity index (χ3v) is 4.75. The van der Waals surface area contributed by atoms with Crippen molar-refractivity contribution in [2.75, 3.05) is 31.3 Å². The van der Waals surface area contributed by atoms with Crippen LogP contribution in [0.4, 0.5) is 11.4 Å². The molecule has 1 N–H and O–H groups in total. The van der Waals surface area contributed by atoms with Gasteiger partial charge < -0.3 is 10.2 Å². The Morgan fingerprint density at radius 2 is 2.19 bits per heavy atom. The highest BCUT2D eigenvalue weighted by Crippen LogP contribution is 2.30. The quantitative estimate of drug-likeness (QED) is 0.648. The molecule has 21 heavy (non-hydrogen) atoms. The van der Waals surface area contributed by atoms with Crippen molar-refractivity contribution < 1.29 is 13.3 Å². The first kappa shape index (κ1) is 15.7. The number of nitrogens with one attached hydrogen (secondary N) is 1. The molecule has 7 nitrogen and oxygen atoms in total. The Labute approximate surface area is 124 Å². The van der Waals surface area contributed by atoms with Crippen LogP contribution in [0.15, 0.2) is 23.1 Å². The summed E-state index contributed by atoms with van der Waals surface area (Å²) in [5.74, 6) is 0. The molecule has 1 fully saturated rings. The largest absolute Gasteiger partial charge is 0.367 e. The zero-order valence-electron chi connectivity index (χ0n) is 12.1. The minimum atomic E-state index is -3.46. The Kier molecular flexibility index (Phi) is 4.48. The van der Waals surface area contributed by atoms with E-state index in [0.717, 1.165) is 31.7 Å². The van der Waals surface area contributed by atoms with Crippen molar-refractivity contribution in [1.82, 2.24) is 5.32 Å². The number of nitrogens with zero attached hydrogens (tertiary/aromatic N) is 2. The molecule has 0 bridgehead atoms. The van der Waals surface area contributed by atoms with Gasteiger partial charge in [-0.2, -0.15) is 0 Å². The molecule has 1 aliphatic rings. The van der Waals surface area contributed by atoms with Gasteiger partial charge in [-0.05, 0) is 31.5 Å². The van der Waals surface area contributed by atoms with E-state index in [1.165, 1.54) is 12.1 Å². The van der Waals surface area contributed by atoms with E-state index in [9.17, 15) is 18.5 Å². The van der Waals surface area contributed by atoms with Crippen molar-refractivity contribution in [3.05, 3.63) is 28.3 Å². The third-order valence-electron chi connectivity index (χ3n) is 3.64. The molecule has 8 heteroatoms. The van der Waals surface area contributed by atoms with Gasteiger partial charge in [-0.25, -0.2) is 8.42 Å². The summed E-state index contributed by atoms with van der Waals surface area (Å²) in [5, 5.41) is 14.5. The lowest BCUT2D eigenvalue weighted by molar-refractivity contribution is -0.384. The van der Waals surface area contributed by atoms with Crippen molar-refractivity contribution >= 4 is 21.2 Å². The van der Waals surface area contributed by atoms with Gasteiger partial charge in [-0.15, -0.1) is 0 Å². The van der Waals surface area contributed by atoms with Crippen LogP contribution in [0.3, 0.4) is 0 Å². The molecule has 1 saturated heterocycles. The highest BCUT2D eigenvalue weighted by molar-refractivity contribution is 7.90. The molecule has 0 aromatic heterocycles. The molecule has 116 valence electrons. The first-order valence-corrected chi connectivity index (χ1v) is 8.61. The number of nitro benzene ring substituents is 1. The molecule has 0 saturated carbocycles. The van der Waals surface area contributed by atoms with Crippen LogP contribution in [0.25, 0.3) is 0 Å². The fourth-order valence-corrected chi connectivity index (χ4v) is 3.19. The topological polar surface area (TPSA) is 92.6 Å². The van der Waals surface area contributed by atoms with E-state index < -0.39 is 14.8 Å². The monoisotopic (exact) mass is 313 g/mol. The summed E-state index contributed by atoms with van der Waals surface area (Å²) in [6.45, 7) is 1.62. The third kappa shape index (κ3) is 3.70. The highest BCUT2D eigenvalue weighted by Gasteiger charge is 2.23. The fraction of sp³-hybridized carbons (Fsp3) is 0.538. The zero-order chi connectivity index (χ0) is 15.6. The molecule has 0 spiro atoms. The van der Waals surface area contributed by atoms with Crippen LogP contribution >= 0.6 is 0 Å². The van der Waals surface area contributed by atoms with Gasteiger partial charge in [0, 0.05) is 32.0 Å². The Balaban J connectivity index is 2.31. The van der Waals surface area contributed by atoms with Crippen LogP contribution in [0.2, 0.25) is 0 Å². The number of hydrogen-bond acceptors (Lipinski definition) is 6. The summed E-state index contributed by atoms with van der Waals surface area (Å²) >= 11 is 0. The van der Waals surface area contributed by atoms with E-state index in [0.29, 0.717) is 18.3 Å². The number of nitro groups is 1. The van der Waals surface area contributed by atoms with Crippen molar-refractivity contribution in [2.24, 2.45) is 0 Å². The second-order valence-electron chi connectivity index (χ2n) is 5.35. The molecule has 0 amide bonds. The van der Waals surface area contributed by atoms with Gasteiger partial charge >= 0.3 is 0 Å². The molecule has 1 heterocycles. The summed E-state index contributed by atoms with van der Waals surface area (Å²) in [6.07, 6.45) is 3.19. The van der Waals surface area contributed by atoms with Crippen LogP contribution in [-0.2, 0) is 9.84 Å². The van der Waals surface area contributed by atoms with E-state index in [4.69, 9.17) is 0 Å².